The molecule has 1 aromatic rings. The first-order valence-electron chi connectivity index (χ1n) is 12.6. The average molecular weight is 491 g/mol. The van der Waals surface area contributed by atoms with E-state index >= 15 is 0 Å². The molecule has 8 heteroatoms. The molecule has 3 atom stereocenters. The molecule has 0 unspecified atom stereocenters. The maximum atomic E-state index is 12.5. The number of carbonyl (C=O) groups excluding carboxylic acids is 1. The number of carbonyl (C=O) groups is 2. The average Bonchev–Trinajstić information content (AvgIpc) is 2.79. The molecule has 3 rings (SSSR count). The first-order valence-corrected chi connectivity index (χ1v) is 12.6. The third-order valence-electron chi connectivity index (χ3n) is 7.32. The van der Waals surface area contributed by atoms with Crippen molar-refractivity contribution in [3.63, 3.8) is 0 Å². The molecule has 0 saturated carbocycles. The maximum Gasteiger partial charge on any atom is 0.407 e. The molecule has 1 aromatic carbocycles. The number of hydrogen-bond donors (Lipinski definition) is 2. The lowest BCUT2D eigenvalue weighted by molar-refractivity contribution is -0.139. The van der Waals surface area contributed by atoms with Crippen molar-refractivity contribution in [3.05, 3.63) is 23.3 Å². The molecule has 0 aliphatic carbocycles. The van der Waals surface area contributed by atoms with Crippen molar-refractivity contribution in [1.29, 1.82) is 0 Å². The van der Waals surface area contributed by atoms with Crippen LogP contribution in [0.1, 0.15) is 64.1 Å². The smallest absolute Gasteiger partial charge is 0.407 e. The van der Waals surface area contributed by atoms with Crippen molar-refractivity contribution in [3.8, 4) is 11.5 Å². The van der Waals surface area contributed by atoms with Gasteiger partial charge in [0.25, 0.3) is 0 Å². The molecule has 2 heterocycles. The zero-order valence-electron chi connectivity index (χ0n) is 22.1. The Morgan fingerprint density at radius 3 is 2.49 bits per heavy atom. The summed E-state index contributed by atoms with van der Waals surface area (Å²) in [7, 11) is 3.33. The van der Waals surface area contributed by atoms with E-state index in [9.17, 15) is 9.59 Å². The number of carboxylic acid groups (broad SMARTS) is 1. The van der Waals surface area contributed by atoms with Gasteiger partial charge in [-0.15, -0.1) is 0 Å². The minimum absolute atomic E-state index is 0.0163. The van der Waals surface area contributed by atoms with Crippen LogP contribution in [0.2, 0.25) is 0 Å². The summed E-state index contributed by atoms with van der Waals surface area (Å²) in [5.74, 6) is 1.88. The van der Waals surface area contributed by atoms with Crippen LogP contribution in [-0.2, 0) is 16.0 Å². The van der Waals surface area contributed by atoms with Crippen LogP contribution in [0.25, 0.3) is 0 Å². The summed E-state index contributed by atoms with van der Waals surface area (Å²) in [5, 5.41) is 11.8. The molecule has 0 spiro atoms. The van der Waals surface area contributed by atoms with Crippen LogP contribution in [0.4, 0.5) is 4.79 Å². The van der Waals surface area contributed by atoms with Gasteiger partial charge in [0.15, 0.2) is 11.5 Å². The highest BCUT2D eigenvalue weighted by Gasteiger charge is 2.40. The maximum absolute atomic E-state index is 12.5. The minimum atomic E-state index is -0.879. The molecule has 8 nitrogen and oxygen atoms in total. The van der Waals surface area contributed by atoms with Gasteiger partial charge in [0, 0.05) is 25.7 Å². The summed E-state index contributed by atoms with van der Waals surface area (Å²) in [4.78, 5) is 26.1. The molecular formula is C27H42N2O6. The number of fused-ring (bicyclic) bond motifs is 3. The number of amides is 1. The topological polar surface area (TPSA) is 97.3 Å². The Bertz CT molecular complexity index is 900. The Labute approximate surface area is 209 Å². The third kappa shape index (κ3) is 7.03. The number of nitrogens with one attached hydrogen (secondary N) is 1. The van der Waals surface area contributed by atoms with Crippen LogP contribution in [0, 0.1) is 23.2 Å². The lowest BCUT2D eigenvalue weighted by Gasteiger charge is -2.47. The fourth-order valence-corrected chi connectivity index (χ4v) is 5.60. The SMILES string of the molecule is COc1cc2c(cc1OC)[C@H]1C[C@@H](COC(=O)NCC(C)(C)CC(=O)O)[C@H](CC(C)C)CN1CC2. The Morgan fingerprint density at radius 1 is 1.17 bits per heavy atom. The molecule has 35 heavy (non-hydrogen) atoms. The standard InChI is InChI=1S/C27H42N2O6/c1-17(2)9-19-14-29-8-7-18-11-23(33-5)24(34-6)12-21(18)22(29)10-20(19)15-35-26(32)28-16-27(3,4)13-25(30)31/h11-12,17,19-20,22H,7-10,13-16H2,1-6H3,(H,28,32)(H,30,31)/t19-,20+,22-/m1/s1. The molecule has 1 amide bonds. The van der Waals surface area contributed by atoms with Crippen LogP contribution >= 0.6 is 0 Å². The zero-order valence-corrected chi connectivity index (χ0v) is 22.1. The number of alkyl carbamates (subject to hydrolysis) is 1. The molecule has 0 radical (unpaired) electrons. The van der Waals surface area contributed by atoms with Crippen LogP contribution < -0.4 is 14.8 Å². The van der Waals surface area contributed by atoms with Crippen LogP contribution in [0.15, 0.2) is 12.1 Å². The van der Waals surface area contributed by atoms with E-state index in [0.717, 1.165) is 43.9 Å². The second kappa shape index (κ2) is 11.5. The number of aliphatic carboxylic acids is 1. The quantitative estimate of drug-likeness (QED) is 0.498. The van der Waals surface area contributed by atoms with Crippen LogP contribution in [0.3, 0.4) is 0 Å². The van der Waals surface area contributed by atoms with Crippen LogP contribution in [0.5, 0.6) is 11.5 Å². The number of benzene rings is 1. The van der Waals surface area contributed by atoms with E-state index < -0.39 is 17.5 Å². The molecule has 2 N–H and O–H groups in total. The Hall–Kier alpha value is -2.48. The van der Waals surface area contributed by atoms with Gasteiger partial charge in [0.1, 0.15) is 0 Å². The van der Waals surface area contributed by atoms with E-state index in [1.807, 2.05) is 13.8 Å². The lowest BCUT2D eigenvalue weighted by Crippen LogP contribution is -2.47. The summed E-state index contributed by atoms with van der Waals surface area (Å²) in [6, 6.07) is 4.47. The number of ether oxygens (including phenoxy) is 3. The highest BCUT2D eigenvalue weighted by Crippen LogP contribution is 2.45. The molecule has 2 aliphatic heterocycles. The van der Waals surface area contributed by atoms with Crippen molar-refractivity contribution in [1.82, 2.24) is 10.2 Å². The van der Waals surface area contributed by atoms with Crippen molar-refractivity contribution in [2.45, 2.75) is 59.4 Å². The largest absolute Gasteiger partial charge is 0.493 e. The Balaban J connectivity index is 1.70. The first-order chi connectivity index (χ1) is 16.5. The van der Waals surface area contributed by atoms with Crippen molar-refractivity contribution in [2.75, 3.05) is 40.5 Å². The Kier molecular flexibility index (Phi) is 8.91. The second-order valence-corrected chi connectivity index (χ2v) is 11.2. The number of methoxy groups -OCH3 is 2. The predicted molar refractivity (Wildman–Crippen MR) is 134 cm³/mol. The number of piperidine rings is 1. The lowest BCUT2D eigenvalue weighted by atomic mass is 9.74. The molecule has 1 fully saturated rings. The molecule has 1 saturated heterocycles. The fourth-order valence-electron chi connectivity index (χ4n) is 5.60. The molecule has 0 bridgehead atoms. The first kappa shape index (κ1) is 27.1. The summed E-state index contributed by atoms with van der Waals surface area (Å²) in [6.07, 6.45) is 2.49. The van der Waals surface area contributed by atoms with E-state index in [-0.39, 0.29) is 24.9 Å². The summed E-state index contributed by atoms with van der Waals surface area (Å²) >= 11 is 0. The van der Waals surface area contributed by atoms with Gasteiger partial charge in [-0.05, 0) is 65.7 Å². The van der Waals surface area contributed by atoms with E-state index in [0.29, 0.717) is 18.4 Å². The number of rotatable bonds is 10. The highest BCUT2D eigenvalue weighted by atomic mass is 16.5. The van der Waals surface area contributed by atoms with Gasteiger partial charge in [-0.1, -0.05) is 27.7 Å². The van der Waals surface area contributed by atoms with E-state index in [2.05, 4.69) is 36.2 Å². The summed E-state index contributed by atoms with van der Waals surface area (Å²) in [6.45, 7) is 10.7. The van der Waals surface area contributed by atoms with Gasteiger partial charge in [-0.2, -0.15) is 0 Å². The van der Waals surface area contributed by atoms with Gasteiger partial charge >= 0.3 is 12.1 Å². The van der Waals surface area contributed by atoms with Gasteiger partial charge in [-0.25, -0.2) is 4.79 Å². The van der Waals surface area contributed by atoms with Crippen molar-refractivity contribution >= 4 is 12.1 Å². The molecule has 2 aliphatic rings. The zero-order chi connectivity index (χ0) is 25.8. The van der Waals surface area contributed by atoms with E-state index in [4.69, 9.17) is 19.3 Å². The second-order valence-electron chi connectivity index (χ2n) is 11.2. The predicted octanol–water partition coefficient (Wildman–Crippen LogP) is 4.51. The molecule has 0 aromatic heterocycles. The minimum Gasteiger partial charge on any atom is -0.493 e. The highest BCUT2D eigenvalue weighted by molar-refractivity contribution is 5.69. The monoisotopic (exact) mass is 490 g/mol. The van der Waals surface area contributed by atoms with Gasteiger partial charge in [-0.3, -0.25) is 9.69 Å². The van der Waals surface area contributed by atoms with E-state index in [1.54, 1.807) is 14.2 Å². The van der Waals surface area contributed by atoms with Crippen molar-refractivity contribution in [2.24, 2.45) is 23.2 Å². The fraction of sp³-hybridized carbons (Fsp3) is 0.704. The molecule has 196 valence electrons. The third-order valence-corrected chi connectivity index (χ3v) is 7.32. The summed E-state index contributed by atoms with van der Waals surface area (Å²) < 4.78 is 16.8. The Morgan fingerprint density at radius 2 is 1.86 bits per heavy atom. The number of hydrogen-bond acceptors (Lipinski definition) is 6. The van der Waals surface area contributed by atoms with Gasteiger partial charge in [0.2, 0.25) is 0 Å². The number of nitrogens with zero attached hydrogens (tertiary/aromatic N) is 1. The normalized spacial score (nSPS) is 22.2. The van der Waals surface area contributed by atoms with Gasteiger partial charge in [0.05, 0.1) is 27.2 Å². The molecular weight excluding hydrogens is 448 g/mol. The van der Waals surface area contributed by atoms with Crippen LogP contribution in [-0.4, -0.2) is 62.5 Å². The van der Waals surface area contributed by atoms with Crippen molar-refractivity contribution < 1.29 is 28.9 Å². The van der Waals surface area contributed by atoms with Gasteiger partial charge < -0.3 is 24.6 Å². The van der Waals surface area contributed by atoms with E-state index in [1.165, 1.54) is 11.1 Å². The summed E-state index contributed by atoms with van der Waals surface area (Å²) in [5.41, 5.74) is 2.04. The number of carboxylic acids is 1.